The summed E-state index contributed by atoms with van der Waals surface area (Å²) in [5, 5.41) is 4.84. The van der Waals surface area contributed by atoms with Crippen LogP contribution in [0.25, 0.3) is 0 Å². The molecule has 0 saturated carbocycles. The van der Waals surface area contributed by atoms with Gasteiger partial charge in [0.1, 0.15) is 5.76 Å². The summed E-state index contributed by atoms with van der Waals surface area (Å²) in [5.41, 5.74) is 2.11. The number of nitrogens with one attached hydrogen (secondary N) is 1. The molecule has 0 aliphatic carbocycles. The summed E-state index contributed by atoms with van der Waals surface area (Å²) in [6.07, 6.45) is 1.72. The molecule has 1 N–H and O–H groups in total. The first-order valence-electron chi connectivity index (χ1n) is 7.68. The van der Waals surface area contributed by atoms with Crippen molar-refractivity contribution in [1.29, 1.82) is 0 Å². The highest BCUT2D eigenvalue weighted by atomic mass is 35.5. The highest BCUT2D eigenvalue weighted by Crippen LogP contribution is 2.20. The van der Waals surface area contributed by atoms with Gasteiger partial charge in [-0.2, -0.15) is 0 Å². The zero-order valence-corrected chi connectivity index (χ0v) is 14.7. The zero-order chi connectivity index (χ0) is 16.2. The maximum atomic E-state index is 5.99. The predicted octanol–water partition coefficient (Wildman–Crippen LogP) is 3.76. The third-order valence-corrected chi connectivity index (χ3v) is 4.64. The fourth-order valence-electron chi connectivity index (χ4n) is 2.69. The Bertz CT molecular complexity index is 666. The number of halogens is 1. The van der Waals surface area contributed by atoms with E-state index < -0.39 is 0 Å². The third kappa shape index (κ3) is 4.25. The molecule has 122 valence electrons. The quantitative estimate of drug-likeness (QED) is 0.853. The lowest BCUT2D eigenvalue weighted by Gasteiger charge is -2.35. The van der Waals surface area contributed by atoms with E-state index in [9.17, 15) is 0 Å². The molecule has 1 saturated heterocycles. The molecule has 1 fully saturated rings. The molecular weight excluding hydrogens is 330 g/mol. The molecule has 4 nitrogen and oxygen atoms in total. The van der Waals surface area contributed by atoms with Crippen molar-refractivity contribution in [3.8, 4) is 0 Å². The Hall–Kier alpha value is -1.56. The van der Waals surface area contributed by atoms with E-state index in [1.54, 1.807) is 6.26 Å². The van der Waals surface area contributed by atoms with Crippen LogP contribution < -0.4 is 5.32 Å². The van der Waals surface area contributed by atoms with Gasteiger partial charge in [-0.15, -0.1) is 0 Å². The lowest BCUT2D eigenvalue weighted by atomic mass is 10.2. The summed E-state index contributed by atoms with van der Waals surface area (Å²) in [4.78, 5) is 4.59. The fourth-order valence-corrected chi connectivity index (χ4v) is 3.21. The van der Waals surface area contributed by atoms with Crippen molar-refractivity contribution < 1.29 is 4.42 Å². The average Bonchev–Trinajstić information content (AvgIpc) is 3.04. The number of nitrogens with zero attached hydrogens (tertiary/aromatic N) is 2. The summed E-state index contributed by atoms with van der Waals surface area (Å²) >= 11 is 11.5. The maximum absolute atomic E-state index is 5.99. The van der Waals surface area contributed by atoms with Gasteiger partial charge in [-0.3, -0.25) is 4.90 Å². The Morgan fingerprint density at radius 2 is 2.04 bits per heavy atom. The Labute approximate surface area is 147 Å². The summed E-state index contributed by atoms with van der Waals surface area (Å²) in [7, 11) is 0. The SMILES string of the molecule is Cc1cc(Cl)ccc1NC(=S)N1CCN(Cc2ccco2)CC1. The lowest BCUT2D eigenvalue weighted by Crippen LogP contribution is -2.49. The van der Waals surface area contributed by atoms with Gasteiger partial charge in [-0.05, 0) is 55.0 Å². The molecule has 0 amide bonds. The molecule has 0 unspecified atom stereocenters. The maximum Gasteiger partial charge on any atom is 0.173 e. The van der Waals surface area contributed by atoms with E-state index in [-0.39, 0.29) is 0 Å². The second kappa shape index (κ2) is 7.34. The first-order valence-corrected chi connectivity index (χ1v) is 8.47. The van der Waals surface area contributed by atoms with Crippen molar-refractivity contribution in [3.05, 3.63) is 52.9 Å². The Kier molecular flexibility index (Phi) is 5.20. The minimum atomic E-state index is 0.741. The molecule has 1 aliphatic rings. The average molecular weight is 350 g/mol. The van der Waals surface area contributed by atoms with E-state index in [0.717, 1.165) is 59.9 Å². The largest absolute Gasteiger partial charge is 0.468 e. The number of anilines is 1. The standard InChI is InChI=1S/C17H20ClN3OS/c1-13-11-14(18)4-5-16(13)19-17(23)21-8-6-20(7-9-21)12-15-3-2-10-22-15/h2-5,10-11H,6-9,12H2,1H3,(H,19,23). The number of thiocarbonyl (C=S) groups is 1. The van der Waals surface area contributed by atoms with E-state index in [4.69, 9.17) is 28.2 Å². The first kappa shape index (κ1) is 16.3. The van der Waals surface area contributed by atoms with Crippen molar-refractivity contribution in [2.75, 3.05) is 31.5 Å². The monoisotopic (exact) mass is 349 g/mol. The van der Waals surface area contributed by atoms with Crippen molar-refractivity contribution in [1.82, 2.24) is 9.80 Å². The lowest BCUT2D eigenvalue weighted by molar-refractivity contribution is 0.166. The number of hydrogen-bond donors (Lipinski definition) is 1. The van der Waals surface area contributed by atoms with Crippen molar-refractivity contribution >= 4 is 34.6 Å². The van der Waals surface area contributed by atoms with Gasteiger partial charge in [0.2, 0.25) is 0 Å². The normalized spacial score (nSPS) is 15.7. The van der Waals surface area contributed by atoms with Gasteiger partial charge in [-0.1, -0.05) is 11.6 Å². The molecule has 3 rings (SSSR count). The highest BCUT2D eigenvalue weighted by molar-refractivity contribution is 7.80. The molecule has 0 bridgehead atoms. The summed E-state index contributed by atoms with van der Waals surface area (Å²) in [6, 6.07) is 9.73. The number of rotatable bonds is 3. The number of furan rings is 1. The molecule has 23 heavy (non-hydrogen) atoms. The van der Waals surface area contributed by atoms with Crippen LogP contribution in [0, 0.1) is 6.92 Å². The molecule has 0 spiro atoms. The minimum Gasteiger partial charge on any atom is -0.468 e. The smallest absolute Gasteiger partial charge is 0.173 e. The van der Waals surface area contributed by atoms with Gasteiger partial charge in [0.05, 0.1) is 12.8 Å². The first-order chi connectivity index (χ1) is 11.1. The molecule has 2 aromatic rings. The van der Waals surface area contributed by atoms with Gasteiger partial charge >= 0.3 is 0 Å². The second-order valence-corrected chi connectivity index (χ2v) is 6.56. The van der Waals surface area contributed by atoms with E-state index in [2.05, 4.69) is 15.1 Å². The van der Waals surface area contributed by atoms with Gasteiger partial charge in [-0.25, -0.2) is 0 Å². The van der Waals surface area contributed by atoms with Crippen LogP contribution in [-0.2, 0) is 6.54 Å². The van der Waals surface area contributed by atoms with Gasteiger partial charge in [0.25, 0.3) is 0 Å². The van der Waals surface area contributed by atoms with Crippen molar-refractivity contribution in [2.24, 2.45) is 0 Å². The van der Waals surface area contributed by atoms with Gasteiger partial charge < -0.3 is 14.6 Å². The summed E-state index contributed by atoms with van der Waals surface area (Å²) in [6.45, 7) is 6.66. The van der Waals surface area contributed by atoms with E-state index in [1.807, 2.05) is 37.3 Å². The van der Waals surface area contributed by atoms with E-state index in [0.29, 0.717) is 0 Å². The molecule has 1 aliphatic heterocycles. The molecular formula is C17H20ClN3OS. The molecule has 1 aromatic carbocycles. The van der Waals surface area contributed by atoms with Crippen LogP contribution in [0.15, 0.2) is 41.0 Å². The topological polar surface area (TPSA) is 31.6 Å². The van der Waals surface area contributed by atoms with Crippen LogP contribution in [0.3, 0.4) is 0 Å². The molecule has 6 heteroatoms. The minimum absolute atomic E-state index is 0.741. The molecule has 0 radical (unpaired) electrons. The highest BCUT2D eigenvalue weighted by Gasteiger charge is 2.19. The van der Waals surface area contributed by atoms with E-state index in [1.165, 1.54) is 0 Å². The van der Waals surface area contributed by atoms with Crippen LogP contribution in [0.5, 0.6) is 0 Å². The van der Waals surface area contributed by atoms with Crippen LogP contribution in [0.4, 0.5) is 5.69 Å². The second-order valence-electron chi connectivity index (χ2n) is 5.73. The van der Waals surface area contributed by atoms with Crippen molar-refractivity contribution in [3.63, 3.8) is 0 Å². The number of benzene rings is 1. The Morgan fingerprint density at radius 1 is 1.26 bits per heavy atom. The number of piperazine rings is 1. The predicted molar refractivity (Wildman–Crippen MR) is 98.0 cm³/mol. The summed E-state index contributed by atoms with van der Waals surface area (Å²) < 4.78 is 5.41. The summed E-state index contributed by atoms with van der Waals surface area (Å²) in [5.74, 6) is 1.01. The molecule has 0 atom stereocenters. The zero-order valence-electron chi connectivity index (χ0n) is 13.1. The van der Waals surface area contributed by atoms with Crippen LogP contribution in [0.1, 0.15) is 11.3 Å². The molecule has 1 aromatic heterocycles. The Morgan fingerprint density at radius 3 is 2.70 bits per heavy atom. The number of aryl methyl sites for hydroxylation is 1. The van der Waals surface area contributed by atoms with Crippen LogP contribution >= 0.6 is 23.8 Å². The van der Waals surface area contributed by atoms with Crippen molar-refractivity contribution in [2.45, 2.75) is 13.5 Å². The van der Waals surface area contributed by atoms with Crippen LogP contribution in [-0.4, -0.2) is 41.1 Å². The molecule has 2 heterocycles. The van der Waals surface area contributed by atoms with Gasteiger partial charge in [0, 0.05) is 36.9 Å². The number of hydrogen-bond acceptors (Lipinski definition) is 3. The fraction of sp³-hybridized carbons (Fsp3) is 0.353. The Balaban J connectivity index is 1.51. The van der Waals surface area contributed by atoms with Gasteiger partial charge in [0.15, 0.2) is 5.11 Å². The van der Waals surface area contributed by atoms with Crippen LogP contribution in [0.2, 0.25) is 5.02 Å². The van der Waals surface area contributed by atoms with E-state index >= 15 is 0 Å². The third-order valence-electron chi connectivity index (χ3n) is 4.05.